The van der Waals surface area contributed by atoms with E-state index in [1.807, 2.05) is 50.2 Å². The minimum Gasteiger partial charge on any atom is -0.359 e. The highest BCUT2D eigenvalue weighted by atomic mass is 16.2. The van der Waals surface area contributed by atoms with Crippen LogP contribution in [0.15, 0.2) is 36.4 Å². The van der Waals surface area contributed by atoms with E-state index in [0.717, 1.165) is 11.4 Å². The number of aromatic nitrogens is 2. The number of aryl methyl sites for hydroxylation is 2. The van der Waals surface area contributed by atoms with Gasteiger partial charge in [0, 0.05) is 17.4 Å². The molecule has 1 aromatic heterocycles. The SMILES string of the molecule is Cc1cc(NC(C)C(=O)Nc2ccccc2)nc(C)n1. The fraction of sp³-hybridized carbons (Fsp3) is 0.267. The average molecular weight is 270 g/mol. The number of anilines is 2. The van der Waals surface area contributed by atoms with Gasteiger partial charge in [-0.2, -0.15) is 0 Å². The van der Waals surface area contributed by atoms with Crippen molar-refractivity contribution < 1.29 is 4.79 Å². The Morgan fingerprint density at radius 2 is 1.85 bits per heavy atom. The largest absolute Gasteiger partial charge is 0.359 e. The van der Waals surface area contributed by atoms with Crippen LogP contribution in [0.2, 0.25) is 0 Å². The van der Waals surface area contributed by atoms with E-state index in [2.05, 4.69) is 20.6 Å². The summed E-state index contributed by atoms with van der Waals surface area (Å²) in [6, 6.07) is 10.8. The number of hydrogen-bond donors (Lipinski definition) is 2. The number of nitrogens with one attached hydrogen (secondary N) is 2. The minimum absolute atomic E-state index is 0.106. The molecule has 0 radical (unpaired) electrons. The van der Waals surface area contributed by atoms with Crippen LogP contribution in [0.4, 0.5) is 11.5 Å². The number of benzene rings is 1. The van der Waals surface area contributed by atoms with Crippen molar-refractivity contribution in [2.45, 2.75) is 26.8 Å². The smallest absolute Gasteiger partial charge is 0.246 e. The molecule has 5 heteroatoms. The Bertz CT molecular complexity index is 578. The maximum atomic E-state index is 12.1. The molecule has 5 nitrogen and oxygen atoms in total. The maximum absolute atomic E-state index is 12.1. The summed E-state index contributed by atoms with van der Waals surface area (Å²) in [4.78, 5) is 20.5. The van der Waals surface area contributed by atoms with Crippen LogP contribution in [-0.4, -0.2) is 21.9 Å². The molecule has 0 saturated carbocycles. The Balaban J connectivity index is 2.00. The normalized spacial score (nSPS) is 11.8. The monoisotopic (exact) mass is 270 g/mol. The van der Waals surface area contributed by atoms with E-state index in [0.29, 0.717) is 11.6 Å². The van der Waals surface area contributed by atoms with Crippen molar-refractivity contribution in [1.82, 2.24) is 9.97 Å². The molecule has 2 N–H and O–H groups in total. The van der Waals surface area contributed by atoms with E-state index in [1.165, 1.54) is 0 Å². The molecule has 1 unspecified atom stereocenters. The summed E-state index contributed by atoms with van der Waals surface area (Å²) < 4.78 is 0. The molecule has 0 bridgehead atoms. The quantitative estimate of drug-likeness (QED) is 0.896. The highest BCUT2D eigenvalue weighted by Gasteiger charge is 2.13. The first-order valence-corrected chi connectivity index (χ1v) is 6.49. The van der Waals surface area contributed by atoms with Gasteiger partial charge in [-0.25, -0.2) is 9.97 Å². The number of carbonyl (C=O) groups is 1. The first kappa shape index (κ1) is 14.0. The summed E-state index contributed by atoms with van der Waals surface area (Å²) in [7, 11) is 0. The van der Waals surface area contributed by atoms with Crippen LogP contribution < -0.4 is 10.6 Å². The molecule has 2 rings (SSSR count). The molecule has 1 amide bonds. The van der Waals surface area contributed by atoms with Gasteiger partial charge in [0.1, 0.15) is 17.7 Å². The first-order chi connectivity index (χ1) is 9.54. The Morgan fingerprint density at radius 1 is 1.15 bits per heavy atom. The second-order valence-electron chi connectivity index (χ2n) is 4.66. The predicted octanol–water partition coefficient (Wildman–Crippen LogP) is 2.53. The molecule has 104 valence electrons. The van der Waals surface area contributed by atoms with E-state index in [-0.39, 0.29) is 11.9 Å². The van der Waals surface area contributed by atoms with Gasteiger partial charge in [0.15, 0.2) is 0 Å². The van der Waals surface area contributed by atoms with Crippen LogP contribution in [0.3, 0.4) is 0 Å². The summed E-state index contributed by atoms with van der Waals surface area (Å²) in [5.74, 6) is 1.24. The number of rotatable bonds is 4. The summed E-state index contributed by atoms with van der Waals surface area (Å²) >= 11 is 0. The molecular formula is C15H18N4O. The van der Waals surface area contributed by atoms with Gasteiger partial charge in [0.2, 0.25) is 5.91 Å². The molecule has 20 heavy (non-hydrogen) atoms. The Labute approximate surface area is 118 Å². The number of amides is 1. The fourth-order valence-corrected chi connectivity index (χ4v) is 1.85. The van der Waals surface area contributed by atoms with Gasteiger partial charge in [-0.15, -0.1) is 0 Å². The van der Waals surface area contributed by atoms with Crippen LogP contribution in [-0.2, 0) is 4.79 Å². The van der Waals surface area contributed by atoms with Crippen LogP contribution in [0.25, 0.3) is 0 Å². The molecular weight excluding hydrogens is 252 g/mol. The standard InChI is InChI=1S/C15H18N4O/c1-10-9-14(18-12(3)16-10)17-11(2)15(20)19-13-7-5-4-6-8-13/h4-9,11H,1-3H3,(H,19,20)(H,16,17,18). The molecule has 1 atom stereocenters. The Kier molecular flexibility index (Phi) is 4.30. The minimum atomic E-state index is -0.385. The second kappa shape index (κ2) is 6.14. The van der Waals surface area contributed by atoms with Gasteiger partial charge < -0.3 is 10.6 Å². The molecule has 1 aromatic carbocycles. The third-order valence-electron chi connectivity index (χ3n) is 2.77. The predicted molar refractivity (Wildman–Crippen MR) is 79.7 cm³/mol. The fourth-order valence-electron chi connectivity index (χ4n) is 1.85. The molecule has 0 aliphatic heterocycles. The van der Waals surface area contributed by atoms with Crippen molar-refractivity contribution in [2.75, 3.05) is 10.6 Å². The molecule has 0 aliphatic rings. The lowest BCUT2D eigenvalue weighted by atomic mass is 10.2. The topological polar surface area (TPSA) is 66.9 Å². The third-order valence-corrected chi connectivity index (χ3v) is 2.77. The van der Waals surface area contributed by atoms with Crippen LogP contribution in [0.5, 0.6) is 0 Å². The van der Waals surface area contributed by atoms with Crippen molar-refractivity contribution in [3.8, 4) is 0 Å². The lowest BCUT2D eigenvalue weighted by molar-refractivity contribution is -0.116. The third kappa shape index (κ3) is 3.78. The van der Waals surface area contributed by atoms with Gasteiger partial charge in [0.05, 0.1) is 0 Å². The van der Waals surface area contributed by atoms with Gasteiger partial charge in [0.25, 0.3) is 0 Å². The highest BCUT2D eigenvalue weighted by molar-refractivity contribution is 5.96. The van der Waals surface area contributed by atoms with E-state index in [9.17, 15) is 4.79 Å². The number of nitrogens with zero attached hydrogens (tertiary/aromatic N) is 2. The summed E-state index contributed by atoms with van der Waals surface area (Å²) in [5.41, 5.74) is 1.65. The average Bonchev–Trinajstić information content (AvgIpc) is 2.38. The Morgan fingerprint density at radius 3 is 2.50 bits per heavy atom. The summed E-state index contributed by atoms with van der Waals surface area (Å²) in [5, 5.41) is 5.93. The molecule has 0 fully saturated rings. The van der Waals surface area contributed by atoms with Crippen molar-refractivity contribution in [2.24, 2.45) is 0 Å². The number of para-hydroxylation sites is 1. The molecule has 0 spiro atoms. The second-order valence-corrected chi connectivity index (χ2v) is 4.66. The highest BCUT2D eigenvalue weighted by Crippen LogP contribution is 2.09. The van der Waals surface area contributed by atoms with E-state index in [4.69, 9.17) is 0 Å². The molecule has 1 heterocycles. The van der Waals surface area contributed by atoms with E-state index < -0.39 is 0 Å². The molecule has 2 aromatic rings. The Hall–Kier alpha value is -2.43. The van der Waals surface area contributed by atoms with Crippen molar-refractivity contribution in [3.63, 3.8) is 0 Å². The summed E-state index contributed by atoms with van der Waals surface area (Å²) in [6.07, 6.45) is 0. The lowest BCUT2D eigenvalue weighted by Gasteiger charge is -2.15. The van der Waals surface area contributed by atoms with E-state index >= 15 is 0 Å². The molecule has 0 aliphatic carbocycles. The zero-order valence-corrected chi connectivity index (χ0v) is 11.8. The molecule has 0 saturated heterocycles. The number of hydrogen-bond acceptors (Lipinski definition) is 4. The van der Waals surface area contributed by atoms with Gasteiger partial charge >= 0.3 is 0 Å². The van der Waals surface area contributed by atoms with Gasteiger partial charge in [-0.1, -0.05) is 18.2 Å². The van der Waals surface area contributed by atoms with Gasteiger partial charge in [-0.3, -0.25) is 4.79 Å². The van der Waals surface area contributed by atoms with Gasteiger partial charge in [-0.05, 0) is 32.9 Å². The lowest BCUT2D eigenvalue weighted by Crippen LogP contribution is -2.32. The van der Waals surface area contributed by atoms with Crippen molar-refractivity contribution >= 4 is 17.4 Å². The van der Waals surface area contributed by atoms with Crippen molar-refractivity contribution in [3.05, 3.63) is 47.9 Å². The first-order valence-electron chi connectivity index (χ1n) is 6.49. The van der Waals surface area contributed by atoms with Crippen LogP contribution >= 0.6 is 0 Å². The maximum Gasteiger partial charge on any atom is 0.246 e. The summed E-state index contributed by atoms with van der Waals surface area (Å²) in [6.45, 7) is 5.52. The van der Waals surface area contributed by atoms with Crippen molar-refractivity contribution in [1.29, 1.82) is 0 Å². The zero-order chi connectivity index (χ0) is 14.5. The van der Waals surface area contributed by atoms with Crippen LogP contribution in [0.1, 0.15) is 18.4 Å². The number of carbonyl (C=O) groups excluding carboxylic acids is 1. The van der Waals surface area contributed by atoms with Crippen LogP contribution in [0, 0.1) is 13.8 Å². The van der Waals surface area contributed by atoms with E-state index in [1.54, 1.807) is 6.92 Å². The zero-order valence-electron chi connectivity index (χ0n) is 11.8.